The van der Waals surface area contributed by atoms with Gasteiger partial charge in [-0.3, -0.25) is 0 Å². The minimum atomic E-state index is 0.250. The van der Waals surface area contributed by atoms with E-state index in [9.17, 15) is 0 Å². The molecule has 2 rings (SSSR count). The van der Waals surface area contributed by atoms with Crippen molar-refractivity contribution in [2.45, 2.75) is 18.7 Å². The fraction of sp³-hybridized carbons (Fsp3) is 0.214. The lowest BCUT2D eigenvalue weighted by Gasteiger charge is -1.99. The van der Waals surface area contributed by atoms with E-state index in [-0.39, 0.29) is 6.15 Å². The molecule has 0 aliphatic rings. The molecule has 3 heteroatoms. The summed E-state index contributed by atoms with van der Waals surface area (Å²) in [6.07, 6.45) is 2.35. The van der Waals surface area contributed by atoms with Crippen molar-refractivity contribution < 1.29 is 9.59 Å². The lowest BCUT2D eigenvalue weighted by molar-refractivity contribution is -0.191. The summed E-state index contributed by atoms with van der Waals surface area (Å²) in [7, 11) is 0. The Morgan fingerprint density at radius 1 is 0.941 bits per heavy atom. The summed E-state index contributed by atoms with van der Waals surface area (Å²) in [5.74, 6) is 0. The van der Waals surface area contributed by atoms with E-state index in [2.05, 4.69) is 48.7 Å². The second-order valence-electron chi connectivity index (χ2n) is 2.80. The van der Waals surface area contributed by atoms with Crippen molar-refractivity contribution in [3.8, 4) is 0 Å². The van der Waals surface area contributed by atoms with Crippen molar-refractivity contribution in [2.75, 3.05) is 6.26 Å². The molecule has 0 heterocycles. The van der Waals surface area contributed by atoms with Gasteiger partial charge in [0, 0.05) is 4.90 Å². The Kier molecular flexibility index (Phi) is 8.75. The van der Waals surface area contributed by atoms with Crippen LogP contribution in [0, 0.1) is 0 Å². The molecule has 0 aromatic heterocycles. The molecular weight excluding hydrogens is 232 g/mol. The van der Waals surface area contributed by atoms with E-state index in [4.69, 9.17) is 9.59 Å². The molecule has 90 valence electrons. The van der Waals surface area contributed by atoms with Crippen LogP contribution in [0.2, 0.25) is 0 Å². The topological polar surface area (TPSA) is 34.1 Å². The Balaban J connectivity index is 0.000000450. The largest absolute Gasteiger partial charge is 0.373 e. The third-order valence-electron chi connectivity index (χ3n) is 1.96. The van der Waals surface area contributed by atoms with Gasteiger partial charge in [0.2, 0.25) is 0 Å². The van der Waals surface area contributed by atoms with Gasteiger partial charge in [-0.2, -0.15) is 9.59 Å². The first-order valence-electron chi connectivity index (χ1n) is 5.34. The van der Waals surface area contributed by atoms with Gasteiger partial charge in [0.15, 0.2) is 0 Å². The Labute approximate surface area is 106 Å². The van der Waals surface area contributed by atoms with E-state index >= 15 is 0 Å². The van der Waals surface area contributed by atoms with E-state index < -0.39 is 0 Å². The van der Waals surface area contributed by atoms with Crippen molar-refractivity contribution in [3.63, 3.8) is 0 Å². The van der Waals surface area contributed by atoms with E-state index in [0.29, 0.717) is 0 Å². The van der Waals surface area contributed by atoms with Gasteiger partial charge in [-0.25, -0.2) is 0 Å². The lowest BCUT2D eigenvalue weighted by Crippen LogP contribution is -1.72. The summed E-state index contributed by atoms with van der Waals surface area (Å²) < 4.78 is 0. The quantitative estimate of drug-likeness (QED) is 0.715. The van der Waals surface area contributed by atoms with E-state index in [1.165, 1.54) is 15.7 Å². The van der Waals surface area contributed by atoms with Crippen molar-refractivity contribution in [1.29, 1.82) is 0 Å². The van der Waals surface area contributed by atoms with Gasteiger partial charge >= 0.3 is 6.15 Å². The fourth-order valence-electron chi connectivity index (χ4n) is 1.29. The fourth-order valence-corrected chi connectivity index (χ4v) is 1.74. The number of thioether (sulfide) groups is 1. The van der Waals surface area contributed by atoms with Crippen LogP contribution in [0.5, 0.6) is 0 Å². The minimum absolute atomic E-state index is 0.250. The lowest BCUT2D eigenvalue weighted by atomic mass is 10.1. The van der Waals surface area contributed by atoms with Crippen LogP contribution in [0.3, 0.4) is 0 Å². The van der Waals surface area contributed by atoms with Gasteiger partial charge in [-0.15, -0.1) is 11.8 Å². The minimum Gasteiger partial charge on any atom is -0.186 e. The Bertz CT molecular complexity index is 474. The number of fused-ring (bicyclic) bond motifs is 1. The Morgan fingerprint density at radius 3 is 2.00 bits per heavy atom. The molecule has 0 spiro atoms. The molecule has 0 unspecified atom stereocenters. The van der Waals surface area contributed by atoms with Crippen LogP contribution >= 0.6 is 11.8 Å². The molecule has 2 nitrogen and oxygen atoms in total. The standard InChI is InChI=1S/C11H10S.C2H6.CO2/c1-12-11-7-6-9-4-2-3-5-10(9)8-11;1-2;2-1-3/h2-8H,1H3;1-2H3;. The predicted molar refractivity (Wildman–Crippen MR) is 72.1 cm³/mol. The SMILES string of the molecule is CC.CSc1ccc2ccccc2c1.O=C=O. The first-order valence-corrected chi connectivity index (χ1v) is 6.56. The molecule has 0 fully saturated rings. The summed E-state index contributed by atoms with van der Waals surface area (Å²) in [6.45, 7) is 4.00. The molecule has 2 aromatic rings. The highest BCUT2D eigenvalue weighted by Crippen LogP contribution is 2.21. The summed E-state index contributed by atoms with van der Waals surface area (Å²) >= 11 is 1.78. The molecule has 0 bridgehead atoms. The van der Waals surface area contributed by atoms with Crippen LogP contribution in [-0.2, 0) is 9.59 Å². The molecule has 0 radical (unpaired) electrons. The molecule has 0 atom stereocenters. The normalized spacial score (nSPS) is 8.18. The van der Waals surface area contributed by atoms with Crippen LogP contribution < -0.4 is 0 Å². The molecule has 0 aliphatic carbocycles. The molecular formula is C14H16O2S. The predicted octanol–water partition coefficient (Wildman–Crippen LogP) is 4.00. The third-order valence-corrected chi connectivity index (χ3v) is 2.68. The van der Waals surface area contributed by atoms with Gasteiger partial charge in [0.25, 0.3) is 0 Å². The maximum absolute atomic E-state index is 8.12. The van der Waals surface area contributed by atoms with Gasteiger partial charge < -0.3 is 0 Å². The van der Waals surface area contributed by atoms with E-state index in [1.54, 1.807) is 11.8 Å². The zero-order valence-corrected chi connectivity index (χ0v) is 11.1. The number of rotatable bonds is 1. The first-order chi connectivity index (χ1) is 8.31. The van der Waals surface area contributed by atoms with Crippen LogP contribution in [0.4, 0.5) is 0 Å². The highest BCUT2D eigenvalue weighted by atomic mass is 32.2. The van der Waals surface area contributed by atoms with Crippen LogP contribution in [-0.4, -0.2) is 12.4 Å². The Hall–Kier alpha value is -1.57. The van der Waals surface area contributed by atoms with Crippen molar-refractivity contribution in [1.82, 2.24) is 0 Å². The average molecular weight is 248 g/mol. The smallest absolute Gasteiger partial charge is 0.186 e. The van der Waals surface area contributed by atoms with Crippen LogP contribution in [0.15, 0.2) is 47.4 Å². The average Bonchev–Trinajstić information content (AvgIpc) is 2.41. The maximum atomic E-state index is 8.12. The maximum Gasteiger partial charge on any atom is 0.373 e. The number of hydrogen-bond donors (Lipinski definition) is 0. The second-order valence-corrected chi connectivity index (χ2v) is 3.68. The van der Waals surface area contributed by atoms with Crippen molar-refractivity contribution in [3.05, 3.63) is 42.5 Å². The van der Waals surface area contributed by atoms with E-state index in [0.717, 1.165) is 0 Å². The highest BCUT2D eigenvalue weighted by Gasteiger charge is 1.92. The summed E-state index contributed by atoms with van der Waals surface area (Å²) in [6, 6.07) is 15.0. The number of carbonyl (C=O) groups excluding carboxylic acids is 2. The summed E-state index contributed by atoms with van der Waals surface area (Å²) in [5.41, 5.74) is 0. The first kappa shape index (κ1) is 15.4. The molecule has 17 heavy (non-hydrogen) atoms. The number of hydrogen-bond acceptors (Lipinski definition) is 3. The summed E-state index contributed by atoms with van der Waals surface area (Å²) in [4.78, 5) is 17.6. The molecule has 0 saturated heterocycles. The number of benzene rings is 2. The highest BCUT2D eigenvalue weighted by molar-refractivity contribution is 7.98. The molecule has 0 aliphatic heterocycles. The van der Waals surface area contributed by atoms with Gasteiger partial charge in [0.05, 0.1) is 0 Å². The van der Waals surface area contributed by atoms with Gasteiger partial charge in [-0.1, -0.05) is 44.2 Å². The molecule has 0 saturated carbocycles. The monoisotopic (exact) mass is 248 g/mol. The molecule has 2 aromatic carbocycles. The Morgan fingerprint density at radius 2 is 1.47 bits per heavy atom. The van der Waals surface area contributed by atoms with Crippen molar-refractivity contribution in [2.24, 2.45) is 0 Å². The van der Waals surface area contributed by atoms with E-state index in [1.807, 2.05) is 13.8 Å². The van der Waals surface area contributed by atoms with Gasteiger partial charge in [0.1, 0.15) is 0 Å². The zero-order valence-electron chi connectivity index (χ0n) is 10.3. The zero-order chi connectivity index (χ0) is 13.1. The third kappa shape index (κ3) is 5.34. The van der Waals surface area contributed by atoms with Crippen molar-refractivity contribution >= 4 is 28.7 Å². The molecule has 0 amide bonds. The summed E-state index contributed by atoms with van der Waals surface area (Å²) in [5, 5.41) is 2.64. The van der Waals surface area contributed by atoms with Crippen LogP contribution in [0.1, 0.15) is 13.8 Å². The van der Waals surface area contributed by atoms with Crippen LogP contribution in [0.25, 0.3) is 10.8 Å². The second kappa shape index (κ2) is 9.64. The molecule has 0 N–H and O–H groups in total. The van der Waals surface area contributed by atoms with Gasteiger partial charge in [-0.05, 0) is 29.2 Å².